The highest BCUT2D eigenvalue weighted by atomic mass is 19.3. The number of fused-ring (bicyclic) bond motifs is 1. The fourth-order valence-corrected chi connectivity index (χ4v) is 7.42. The number of ether oxygens (including phenoxy) is 1. The van der Waals surface area contributed by atoms with Gasteiger partial charge in [0.25, 0.3) is 18.2 Å². The molecule has 2 N–H and O–H groups in total. The zero-order chi connectivity index (χ0) is 31.6. The van der Waals surface area contributed by atoms with Crippen molar-refractivity contribution < 1.29 is 40.8 Å². The van der Waals surface area contributed by atoms with Crippen LogP contribution in [0.15, 0.2) is 29.2 Å². The van der Waals surface area contributed by atoms with E-state index < -0.39 is 48.4 Å². The van der Waals surface area contributed by atoms with Crippen LogP contribution in [0.25, 0.3) is 5.65 Å². The lowest BCUT2D eigenvalue weighted by molar-refractivity contribution is -0.215. The van der Waals surface area contributed by atoms with Gasteiger partial charge in [0.15, 0.2) is 12.3 Å². The Morgan fingerprint density at radius 3 is 2.42 bits per heavy atom. The first-order valence-corrected chi connectivity index (χ1v) is 15.3. The molecule has 0 aromatic carbocycles. The van der Waals surface area contributed by atoms with Gasteiger partial charge in [0.05, 0.1) is 30.2 Å². The summed E-state index contributed by atoms with van der Waals surface area (Å²) in [7, 11) is 0. The maximum absolute atomic E-state index is 14.1. The molecule has 0 saturated heterocycles. The number of carbonyl (C=O) groups excluding carboxylic acids is 2. The predicted molar refractivity (Wildman–Crippen MR) is 146 cm³/mol. The monoisotopic (exact) mass is 636 g/mol. The second-order valence-electron chi connectivity index (χ2n) is 13.4. The average molecular weight is 637 g/mol. The highest BCUT2D eigenvalue weighted by Crippen LogP contribution is 2.71. The summed E-state index contributed by atoms with van der Waals surface area (Å²) in [5.41, 5.74) is 0.0858. The van der Waals surface area contributed by atoms with Crippen LogP contribution in [0.1, 0.15) is 97.9 Å². The van der Waals surface area contributed by atoms with Gasteiger partial charge in [-0.05, 0) is 79.0 Å². The number of alkyl halides is 5. The Morgan fingerprint density at radius 2 is 1.76 bits per heavy atom. The molecule has 45 heavy (non-hydrogen) atoms. The van der Waals surface area contributed by atoms with Crippen LogP contribution in [0.3, 0.4) is 0 Å². The van der Waals surface area contributed by atoms with Crippen molar-refractivity contribution >= 4 is 17.5 Å². The maximum Gasteiger partial charge on any atom is 0.272 e. The van der Waals surface area contributed by atoms with Gasteiger partial charge in [-0.2, -0.15) is 5.10 Å². The Labute approximate surface area is 254 Å². The minimum Gasteiger partial charge on any atom is -0.469 e. The van der Waals surface area contributed by atoms with Crippen molar-refractivity contribution in [2.75, 3.05) is 6.61 Å². The fraction of sp³-hybridized carbons (Fsp3) is 0.633. The van der Waals surface area contributed by atoms with E-state index in [2.05, 4.69) is 20.9 Å². The molecular formula is C30H33F5N6O4. The molecule has 2 atom stereocenters. The van der Waals surface area contributed by atoms with Crippen LogP contribution in [-0.4, -0.2) is 56.2 Å². The van der Waals surface area contributed by atoms with E-state index in [-0.39, 0.29) is 54.5 Å². The van der Waals surface area contributed by atoms with E-state index in [0.717, 1.165) is 24.7 Å². The van der Waals surface area contributed by atoms with Crippen molar-refractivity contribution in [1.29, 1.82) is 0 Å². The van der Waals surface area contributed by atoms with E-state index >= 15 is 0 Å². The highest BCUT2D eigenvalue weighted by molar-refractivity contribution is 5.96. The van der Waals surface area contributed by atoms with Crippen LogP contribution < -0.4 is 15.4 Å². The molecule has 3 aromatic rings. The standard InChI is InChI=1S/C30H33F5N6O4/c31-21(32)12-44-27-19(11-45-40-27)26(43)39-25(17-3-5-30(34,35)6-4-17)20-10-41-22(37-20)7-18(9-36-41)24(16-1-2-16)38-23(42)8-28-13-29(33,14-28)15-28/h7,9-11,16-17,21,24-25H,1-6,8,12-15H2,(H,38,42)(H,39,43)/t24-,25+,28?,29?/m1/s1. The number of hydrogen-bond donors (Lipinski definition) is 2. The Bertz CT molecular complexity index is 1580. The van der Waals surface area contributed by atoms with Crippen molar-refractivity contribution in [1.82, 2.24) is 30.4 Å². The van der Waals surface area contributed by atoms with E-state index in [1.54, 1.807) is 12.4 Å². The molecule has 8 rings (SSSR count). The lowest BCUT2D eigenvalue weighted by Gasteiger charge is -2.65. The number of halogens is 5. The summed E-state index contributed by atoms with van der Waals surface area (Å²) in [6, 6.07) is 0.710. The molecule has 2 amide bonds. The molecule has 0 aliphatic heterocycles. The van der Waals surface area contributed by atoms with Crippen LogP contribution in [0.4, 0.5) is 22.0 Å². The van der Waals surface area contributed by atoms with E-state index in [1.165, 1.54) is 4.52 Å². The zero-order valence-corrected chi connectivity index (χ0v) is 24.3. The van der Waals surface area contributed by atoms with Crippen molar-refractivity contribution in [3.05, 3.63) is 41.5 Å². The Hall–Kier alpha value is -3.78. The van der Waals surface area contributed by atoms with Gasteiger partial charge < -0.3 is 19.9 Å². The van der Waals surface area contributed by atoms with Gasteiger partial charge in [-0.15, -0.1) is 0 Å². The summed E-state index contributed by atoms with van der Waals surface area (Å²) >= 11 is 0. The lowest BCUT2D eigenvalue weighted by atomic mass is 9.41. The van der Waals surface area contributed by atoms with Gasteiger partial charge in [0.2, 0.25) is 11.8 Å². The number of hydrogen-bond acceptors (Lipinski definition) is 7. The zero-order valence-electron chi connectivity index (χ0n) is 24.3. The number of carbonyl (C=O) groups is 2. The number of nitrogens with one attached hydrogen (secondary N) is 2. The average Bonchev–Trinajstić information content (AvgIpc) is 3.52. The largest absolute Gasteiger partial charge is 0.469 e. The number of amides is 2. The molecule has 0 unspecified atom stereocenters. The quantitative estimate of drug-likeness (QED) is 0.252. The van der Waals surface area contributed by atoms with Gasteiger partial charge >= 0.3 is 0 Å². The number of rotatable bonds is 12. The summed E-state index contributed by atoms with van der Waals surface area (Å²) in [6.07, 6.45) is 4.48. The number of imidazole rings is 1. The van der Waals surface area contributed by atoms with Crippen molar-refractivity contribution in [3.8, 4) is 5.88 Å². The van der Waals surface area contributed by atoms with Gasteiger partial charge in [-0.1, -0.05) is 0 Å². The maximum atomic E-state index is 14.1. The molecular weight excluding hydrogens is 603 g/mol. The Balaban J connectivity index is 1.11. The molecule has 5 saturated carbocycles. The minimum absolute atomic E-state index is 0.111. The third-order valence-electron chi connectivity index (χ3n) is 9.71. The molecule has 5 fully saturated rings. The van der Waals surface area contributed by atoms with E-state index in [1.807, 2.05) is 6.07 Å². The van der Waals surface area contributed by atoms with Crippen LogP contribution in [0.2, 0.25) is 0 Å². The molecule has 0 radical (unpaired) electrons. The van der Waals surface area contributed by atoms with Gasteiger partial charge in [0, 0.05) is 19.3 Å². The first-order valence-electron chi connectivity index (χ1n) is 15.3. The second-order valence-corrected chi connectivity index (χ2v) is 13.4. The predicted octanol–water partition coefficient (Wildman–Crippen LogP) is 5.51. The second kappa shape index (κ2) is 10.9. The van der Waals surface area contributed by atoms with Gasteiger partial charge in [0.1, 0.15) is 17.5 Å². The van der Waals surface area contributed by atoms with Crippen LogP contribution in [0.5, 0.6) is 5.88 Å². The molecule has 2 bridgehead atoms. The van der Waals surface area contributed by atoms with Crippen LogP contribution in [0, 0.1) is 17.3 Å². The summed E-state index contributed by atoms with van der Waals surface area (Å²) in [5.74, 6) is -4.22. The highest BCUT2D eigenvalue weighted by Gasteiger charge is 2.69. The summed E-state index contributed by atoms with van der Waals surface area (Å²) in [5, 5.41) is 13.9. The lowest BCUT2D eigenvalue weighted by Crippen LogP contribution is -2.65. The van der Waals surface area contributed by atoms with E-state index in [0.29, 0.717) is 37.0 Å². The first-order chi connectivity index (χ1) is 21.4. The summed E-state index contributed by atoms with van der Waals surface area (Å²) < 4.78 is 78.6. The normalized spacial score (nSPS) is 27.0. The number of aromatic nitrogens is 4. The molecule has 10 nitrogen and oxygen atoms in total. The first kappa shape index (κ1) is 29.9. The third kappa shape index (κ3) is 6.09. The molecule has 5 aliphatic carbocycles. The smallest absolute Gasteiger partial charge is 0.272 e. The molecule has 3 aromatic heterocycles. The summed E-state index contributed by atoms with van der Waals surface area (Å²) in [4.78, 5) is 30.9. The molecule has 3 heterocycles. The molecule has 242 valence electrons. The van der Waals surface area contributed by atoms with Crippen molar-refractivity contribution in [2.24, 2.45) is 17.3 Å². The van der Waals surface area contributed by atoms with Crippen LogP contribution in [-0.2, 0) is 4.79 Å². The molecule has 15 heteroatoms. The van der Waals surface area contributed by atoms with E-state index in [9.17, 15) is 31.5 Å². The molecule has 0 spiro atoms. The number of nitrogens with zero attached hydrogens (tertiary/aromatic N) is 4. The van der Waals surface area contributed by atoms with Gasteiger partial charge in [-0.25, -0.2) is 31.5 Å². The van der Waals surface area contributed by atoms with Gasteiger partial charge in [-0.3, -0.25) is 9.59 Å². The Morgan fingerprint density at radius 1 is 1.04 bits per heavy atom. The van der Waals surface area contributed by atoms with Crippen molar-refractivity contribution in [2.45, 2.75) is 94.3 Å². The topological polar surface area (TPSA) is 124 Å². The minimum atomic E-state index is -2.81. The third-order valence-corrected chi connectivity index (χ3v) is 9.71. The van der Waals surface area contributed by atoms with Crippen LogP contribution >= 0.6 is 0 Å². The Kier molecular flexibility index (Phi) is 7.27. The van der Waals surface area contributed by atoms with Crippen molar-refractivity contribution in [3.63, 3.8) is 0 Å². The fourth-order valence-electron chi connectivity index (χ4n) is 7.42. The van der Waals surface area contributed by atoms with E-state index in [4.69, 9.17) is 14.2 Å². The SMILES string of the molecule is O=C(CC12CC(F)(C1)C2)N[C@@H](c1cnn2cc([C@@H](NC(=O)c3conc3OCC(F)F)C3CCC(F)(F)CC3)nc2c1)C1CC1. The summed E-state index contributed by atoms with van der Waals surface area (Å²) in [6.45, 7) is -0.990. The molecule has 5 aliphatic rings.